The van der Waals surface area contributed by atoms with Crippen molar-refractivity contribution in [2.75, 3.05) is 18.5 Å². The second kappa shape index (κ2) is 7.60. The minimum absolute atomic E-state index is 0.0312. The molecule has 2 aliphatic heterocycles. The van der Waals surface area contributed by atoms with Crippen molar-refractivity contribution in [1.82, 2.24) is 19.7 Å². The van der Waals surface area contributed by atoms with Crippen molar-refractivity contribution in [3.05, 3.63) is 39.6 Å². The number of aliphatic hydroxyl groups is 1. The average molecular weight is 474 g/mol. The Morgan fingerprint density at radius 2 is 2.24 bits per heavy atom. The van der Waals surface area contributed by atoms with Gasteiger partial charge < -0.3 is 15.3 Å². The molecule has 4 rings (SSSR count). The lowest BCUT2D eigenvalue weighted by atomic mass is 9.98. The summed E-state index contributed by atoms with van der Waals surface area (Å²) < 4.78 is 45.0. The summed E-state index contributed by atoms with van der Waals surface area (Å²) in [6.45, 7) is 0.278. The summed E-state index contributed by atoms with van der Waals surface area (Å²) in [5, 5.41) is 16.2. The van der Waals surface area contributed by atoms with Gasteiger partial charge in [0.1, 0.15) is 10.3 Å². The number of carbonyl (C=O) groups excluding carboxylic acids is 1. The van der Waals surface area contributed by atoms with Crippen molar-refractivity contribution in [2.45, 2.75) is 38.3 Å². The summed E-state index contributed by atoms with van der Waals surface area (Å²) in [6, 6.07) is 0.737. The van der Waals surface area contributed by atoms with Crippen molar-refractivity contribution in [3.8, 4) is 0 Å². The molecule has 2 amide bonds. The van der Waals surface area contributed by atoms with E-state index in [4.69, 9.17) is 0 Å². The van der Waals surface area contributed by atoms with E-state index >= 15 is 0 Å². The zero-order valence-electron chi connectivity index (χ0n) is 15.3. The number of alkyl halides is 2. The normalized spacial score (nSPS) is 20.6. The van der Waals surface area contributed by atoms with Crippen LogP contribution in [-0.2, 0) is 25.4 Å². The van der Waals surface area contributed by atoms with Crippen LogP contribution in [0.3, 0.4) is 0 Å². The van der Waals surface area contributed by atoms with Gasteiger partial charge in [-0.15, -0.1) is 0 Å². The number of hydrogen-bond donors (Lipinski definition) is 2. The fourth-order valence-corrected chi connectivity index (χ4v) is 4.17. The Labute approximate surface area is 173 Å². The first-order chi connectivity index (χ1) is 13.8. The number of halogens is 4. The molecule has 0 saturated carbocycles. The van der Waals surface area contributed by atoms with Crippen molar-refractivity contribution < 1.29 is 23.1 Å². The number of pyridine rings is 1. The van der Waals surface area contributed by atoms with Gasteiger partial charge in [-0.1, -0.05) is 0 Å². The molecule has 156 valence electrons. The van der Waals surface area contributed by atoms with Crippen LogP contribution >= 0.6 is 15.9 Å². The van der Waals surface area contributed by atoms with Crippen LogP contribution in [-0.4, -0.2) is 44.0 Å². The average Bonchev–Trinajstić information content (AvgIpc) is 3.00. The third kappa shape index (κ3) is 3.73. The van der Waals surface area contributed by atoms with Gasteiger partial charge in [0.2, 0.25) is 0 Å². The number of aliphatic hydroxyl groups excluding tert-OH is 1. The lowest BCUT2D eigenvalue weighted by Crippen LogP contribution is -2.39. The Morgan fingerprint density at radius 1 is 1.45 bits per heavy atom. The first-order valence-electron chi connectivity index (χ1n) is 9.24. The van der Waals surface area contributed by atoms with E-state index in [1.54, 1.807) is 0 Å². The number of anilines is 1. The smallest absolute Gasteiger partial charge is 0.322 e. The Bertz CT molecular complexity index is 952. The van der Waals surface area contributed by atoms with Gasteiger partial charge in [-0.25, -0.2) is 14.2 Å². The third-order valence-electron chi connectivity index (χ3n) is 5.38. The number of nitrogens with zero attached hydrogens (tertiary/aromatic N) is 4. The van der Waals surface area contributed by atoms with E-state index in [0.717, 1.165) is 0 Å². The van der Waals surface area contributed by atoms with Crippen LogP contribution in [0, 0.1) is 11.7 Å². The van der Waals surface area contributed by atoms with Gasteiger partial charge in [-0.05, 0) is 28.4 Å². The van der Waals surface area contributed by atoms with Crippen LogP contribution in [0.4, 0.5) is 23.7 Å². The van der Waals surface area contributed by atoms with Crippen LogP contribution in [0.15, 0.2) is 16.9 Å². The molecule has 0 bridgehead atoms. The molecule has 11 heteroatoms. The molecular weight excluding hydrogens is 455 g/mol. The van der Waals surface area contributed by atoms with E-state index in [-0.39, 0.29) is 61.0 Å². The van der Waals surface area contributed by atoms with Crippen LogP contribution in [0.25, 0.3) is 0 Å². The van der Waals surface area contributed by atoms with Gasteiger partial charge in [0.25, 0.3) is 5.92 Å². The van der Waals surface area contributed by atoms with Gasteiger partial charge in [0.15, 0.2) is 5.82 Å². The van der Waals surface area contributed by atoms with Crippen LogP contribution in [0.5, 0.6) is 0 Å². The zero-order chi connectivity index (χ0) is 20.8. The molecule has 0 aromatic carbocycles. The fourth-order valence-electron chi connectivity index (χ4n) is 3.84. The SMILES string of the molecule is O=C(Nc1ccnc(Br)c1F)N1CCc2nn3c(c2C1)C(F)(F)CCC(CO)C3. The number of urea groups is 1. The molecule has 0 aliphatic carbocycles. The zero-order valence-corrected chi connectivity index (χ0v) is 16.9. The van der Waals surface area contributed by atoms with Crippen LogP contribution in [0.1, 0.15) is 29.8 Å². The predicted octanol–water partition coefficient (Wildman–Crippen LogP) is 3.26. The van der Waals surface area contributed by atoms with Gasteiger partial charge in [0, 0.05) is 50.2 Å². The number of hydrogen-bond acceptors (Lipinski definition) is 4. The molecule has 0 spiro atoms. The highest BCUT2D eigenvalue weighted by molar-refractivity contribution is 9.10. The Kier molecular flexibility index (Phi) is 5.28. The van der Waals surface area contributed by atoms with Crippen molar-refractivity contribution in [1.29, 1.82) is 0 Å². The number of nitrogens with one attached hydrogen (secondary N) is 1. The highest BCUT2D eigenvalue weighted by atomic mass is 79.9. The van der Waals surface area contributed by atoms with Crippen LogP contribution in [0.2, 0.25) is 0 Å². The molecule has 1 atom stereocenters. The van der Waals surface area contributed by atoms with E-state index in [1.807, 2.05) is 0 Å². The molecule has 4 heterocycles. The first-order valence-corrected chi connectivity index (χ1v) is 10.0. The highest BCUT2D eigenvalue weighted by Gasteiger charge is 2.43. The number of amides is 2. The number of rotatable bonds is 2. The topological polar surface area (TPSA) is 83.3 Å². The Morgan fingerprint density at radius 3 is 3.00 bits per heavy atom. The molecule has 7 nitrogen and oxygen atoms in total. The van der Waals surface area contributed by atoms with Crippen LogP contribution < -0.4 is 5.32 Å². The van der Waals surface area contributed by atoms with E-state index in [1.165, 1.54) is 21.8 Å². The highest BCUT2D eigenvalue weighted by Crippen LogP contribution is 2.41. The summed E-state index contributed by atoms with van der Waals surface area (Å²) in [5.74, 6) is -4.08. The maximum Gasteiger partial charge on any atom is 0.322 e. The van der Waals surface area contributed by atoms with E-state index < -0.39 is 17.8 Å². The third-order valence-corrected chi connectivity index (χ3v) is 5.93. The van der Waals surface area contributed by atoms with Gasteiger partial charge >= 0.3 is 6.03 Å². The van der Waals surface area contributed by atoms with E-state index in [0.29, 0.717) is 17.7 Å². The molecule has 2 aromatic rings. The van der Waals surface area contributed by atoms with Gasteiger partial charge in [-0.3, -0.25) is 4.68 Å². The molecule has 2 aromatic heterocycles. The summed E-state index contributed by atoms with van der Waals surface area (Å²) in [6.07, 6.45) is 1.48. The summed E-state index contributed by atoms with van der Waals surface area (Å²) in [4.78, 5) is 17.7. The molecule has 2 aliphatic rings. The number of aromatic nitrogens is 3. The number of carbonyl (C=O) groups is 1. The van der Waals surface area contributed by atoms with Gasteiger partial charge in [0.05, 0.1) is 17.9 Å². The molecule has 1 unspecified atom stereocenters. The Balaban J connectivity index is 1.59. The van der Waals surface area contributed by atoms with Crippen molar-refractivity contribution in [2.24, 2.45) is 5.92 Å². The summed E-state index contributed by atoms with van der Waals surface area (Å²) >= 11 is 2.96. The molecule has 0 fully saturated rings. The van der Waals surface area contributed by atoms with Crippen molar-refractivity contribution in [3.63, 3.8) is 0 Å². The predicted molar refractivity (Wildman–Crippen MR) is 101 cm³/mol. The standard InChI is InChI=1S/C18H19BrF3N5O2/c19-16-14(20)13(2-5-23-16)24-17(29)26-6-3-12-11(8-26)15-18(21,22)4-1-10(9-28)7-27(15)25-12/h2,5,10,28H,1,3-4,6-9H2,(H,23,24,29). The lowest BCUT2D eigenvalue weighted by Gasteiger charge is -2.28. The molecule has 0 radical (unpaired) electrons. The summed E-state index contributed by atoms with van der Waals surface area (Å²) in [7, 11) is 0. The van der Waals surface area contributed by atoms with Crippen molar-refractivity contribution >= 4 is 27.6 Å². The largest absolute Gasteiger partial charge is 0.396 e. The summed E-state index contributed by atoms with van der Waals surface area (Å²) in [5.41, 5.74) is 0.651. The van der Waals surface area contributed by atoms with Gasteiger partial charge in [-0.2, -0.15) is 13.9 Å². The fraction of sp³-hybridized carbons (Fsp3) is 0.500. The number of fused-ring (bicyclic) bond motifs is 3. The molecular formula is C18H19BrF3N5O2. The minimum atomic E-state index is -3.09. The minimum Gasteiger partial charge on any atom is -0.396 e. The lowest BCUT2D eigenvalue weighted by molar-refractivity contribution is -0.0226. The van der Waals surface area contributed by atoms with E-state index in [9.17, 15) is 23.1 Å². The second-order valence-corrected chi connectivity index (χ2v) is 8.06. The molecule has 2 N–H and O–H groups in total. The van der Waals surface area contributed by atoms with E-state index in [2.05, 4.69) is 31.3 Å². The monoisotopic (exact) mass is 473 g/mol. The maximum absolute atomic E-state index is 14.8. The molecule has 0 saturated heterocycles. The second-order valence-electron chi connectivity index (χ2n) is 7.31. The molecule has 29 heavy (non-hydrogen) atoms. The maximum atomic E-state index is 14.8. The Hall–Kier alpha value is -2.14. The quantitative estimate of drug-likeness (QED) is 0.655. The first kappa shape index (κ1) is 20.1.